The molecular weight excluding hydrogens is 588 g/mol. The number of aliphatic hydroxyl groups excluding tert-OH is 1. The molecule has 2 bridgehead atoms. The number of hydrogen-bond acceptors (Lipinski definition) is 6. The average Bonchev–Trinajstić information content (AvgIpc) is 3.55. The number of ether oxygens (including phenoxy) is 2. The minimum absolute atomic E-state index is 0.00204. The van der Waals surface area contributed by atoms with Crippen LogP contribution in [0.3, 0.4) is 0 Å². The maximum Gasteiger partial charge on any atom is 0.312 e. The molecule has 3 aliphatic heterocycles. The number of likely N-dealkylation sites (tertiary alicyclic amines) is 1. The van der Waals surface area contributed by atoms with Crippen molar-refractivity contribution in [1.82, 2.24) is 4.90 Å². The smallest absolute Gasteiger partial charge is 0.312 e. The Morgan fingerprint density at radius 3 is 2.46 bits per heavy atom. The summed E-state index contributed by atoms with van der Waals surface area (Å²) < 4.78 is 12.0. The van der Waals surface area contributed by atoms with Gasteiger partial charge in [0.05, 0.1) is 30.6 Å². The zero-order valence-corrected chi connectivity index (χ0v) is 24.8. The molecule has 0 saturated carbocycles. The fraction of sp³-hybridized carbons (Fsp3) is 0.406. The van der Waals surface area contributed by atoms with Crippen LogP contribution in [0, 0.1) is 25.7 Å². The van der Waals surface area contributed by atoms with E-state index < -0.39 is 54.1 Å². The Hall–Kier alpha value is -3.27. The van der Waals surface area contributed by atoms with Gasteiger partial charge in [-0.25, -0.2) is 0 Å². The molecule has 1 spiro atoms. The summed E-state index contributed by atoms with van der Waals surface area (Å²) in [5.74, 6) is -3.19. The van der Waals surface area contributed by atoms with Gasteiger partial charge in [-0.3, -0.25) is 14.4 Å². The lowest BCUT2D eigenvalue weighted by Gasteiger charge is -2.40. The van der Waals surface area contributed by atoms with Gasteiger partial charge in [-0.15, -0.1) is 6.58 Å². The topological polar surface area (TPSA) is 96.4 Å². The van der Waals surface area contributed by atoms with Gasteiger partial charge < -0.3 is 24.4 Å². The molecule has 3 heterocycles. The number of esters is 1. The van der Waals surface area contributed by atoms with Gasteiger partial charge in [0, 0.05) is 17.1 Å². The van der Waals surface area contributed by atoms with E-state index >= 15 is 0 Å². The number of carbonyl (C=O) groups excluding carboxylic acids is 3. The maximum absolute atomic E-state index is 14.9. The summed E-state index contributed by atoms with van der Waals surface area (Å²) in [5, 5.41) is 10.7. The molecule has 2 aromatic rings. The van der Waals surface area contributed by atoms with Crippen LogP contribution in [0.4, 0.5) is 5.69 Å². The molecule has 216 valence electrons. The molecule has 9 heteroatoms. The second-order valence-corrected chi connectivity index (χ2v) is 12.1. The molecule has 0 aromatic heterocycles. The van der Waals surface area contributed by atoms with E-state index in [0.717, 1.165) is 16.8 Å². The first-order valence-electron chi connectivity index (χ1n) is 13.8. The SMILES string of the molecule is C=CCOC(=O)[C@H]1[C@H]2C(=O)N([C@H](CO)c3ccccc3)C(C(=O)N(CC=C)c3c(C)cccc3C)C23CC(Br)[C@@H]1O3. The molecule has 3 unspecified atom stereocenters. The lowest BCUT2D eigenvalue weighted by Crippen LogP contribution is -2.57. The first-order valence-corrected chi connectivity index (χ1v) is 14.7. The van der Waals surface area contributed by atoms with E-state index in [2.05, 4.69) is 29.1 Å². The fourth-order valence-corrected chi connectivity index (χ4v) is 7.96. The number of carbonyl (C=O) groups is 3. The van der Waals surface area contributed by atoms with Crippen molar-refractivity contribution in [3.8, 4) is 0 Å². The molecule has 3 aliphatic rings. The van der Waals surface area contributed by atoms with Gasteiger partial charge in [-0.05, 0) is 37.0 Å². The van der Waals surface area contributed by atoms with E-state index in [1.54, 1.807) is 11.0 Å². The Bertz CT molecular complexity index is 1340. The number of fused-ring (bicyclic) bond motifs is 1. The van der Waals surface area contributed by atoms with Gasteiger partial charge >= 0.3 is 5.97 Å². The second-order valence-electron chi connectivity index (χ2n) is 10.9. The Morgan fingerprint density at radius 1 is 1.17 bits per heavy atom. The van der Waals surface area contributed by atoms with E-state index in [9.17, 15) is 19.5 Å². The maximum atomic E-state index is 14.9. The number of para-hydroxylation sites is 1. The highest BCUT2D eigenvalue weighted by atomic mass is 79.9. The number of amides is 2. The van der Waals surface area contributed by atoms with Gasteiger partial charge in [-0.2, -0.15) is 0 Å². The Balaban J connectivity index is 1.68. The van der Waals surface area contributed by atoms with Crippen molar-refractivity contribution < 1.29 is 29.0 Å². The van der Waals surface area contributed by atoms with Crippen LogP contribution >= 0.6 is 15.9 Å². The van der Waals surface area contributed by atoms with E-state index in [1.165, 1.54) is 11.0 Å². The zero-order valence-electron chi connectivity index (χ0n) is 23.2. The number of rotatable bonds is 10. The summed E-state index contributed by atoms with van der Waals surface area (Å²) in [5.41, 5.74) is 1.90. The minimum atomic E-state index is -1.30. The van der Waals surface area contributed by atoms with E-state index in [1.807, 2.05) is 62.4 Å². The molecule has 2 aromatic carbocycles. The van der Waals surface area contributed by atoms with Gasteiger partial charge in [0.25, 0.3) is 5.91 Å². The Labute approximate surface area is 248 Å². The highest BCUT2D eigenvalue weighted by Gasteiger charge is 2.77. The van der Waals surface area contributed by atoms with Crippen LogP contribution in [0.1, 0.15) is 29.2 Å². The molecule has 8 nitrogen and oxygen atoms in total. The number of aryl methyl sites for hydroxylation is 2. The van der Waals surface area contributed by atoms with Crippen molar-refractivity contribution in [3.63, 3.8) is 0 Å². The third-order valence-corrected chi connectivity index (χ3v) is 9.40. The number of nitrogens with zero attached hydrogens (tertiary/aromatic N) is 2. The highest BCUT2D eigenvalue weighted by Crippen LogP contribution is 2.61. The van der Waals surface area contributed by atoms with Crippen molar-refractivity contribution in [2.75, 3.05) is 24.7 Å². The quantitative estimate of drug-likeness (QED) is 0.244. The van der Waals surface area contributed by atoms with E-state index in [0.29, 0.717) is 12.0 Å². The first-order chi connectivity index (χ1) is 19.7. The van der Waals surface area contributed by atoms with Crippen LogP contribution < -0.4 is 4.90 Å². The van der Waals surface area contributed by atoms with Crippen LogP contribution in [0.2, 0.25) is 0 Å². The van der Waals surface area contributed by atoms with Crippen LogP contribution in [-0.4, -0.2) is 70.1 Å². The number of benzene rings is 2. The lowest BCUT2D eigenvalue weighted by atomic mass is 9.70. The number of alkyl halides is 1. The summed E-state index contributed by atoms with van der Waals surface area (Å²) in [6.07, 6.45) is 2.82. The summed E-state index contributed by atoms with van der Waals surface area (Å²) in [7, 11) is 0. The predicted octanol–water partition coefficient (Wildman–Crippen LogP) is 4.03. The summed E-state index contributed by atoms with van der Waals surface area (Å²) >= 11 is 3.68. The van der Waals surface area contributed by atoms with Crippen LogP contribution in [0.5, 0.6) is 0 Å². The molecule has 0 aliphatic carbocycles. The van der Waals surface area contributed by atoms with Gasteiger partial charge in [0.1, 0.15) is 18.2 Å². The number of anilines is 1. The second kappa shape index (κ2) is 11.5. The first kappa shape index (κ1) is 29.2. The highest BCUT2D eigenvalue weighted by molar-refractivity contribution is 9.09. The van der Waals surface area contributed by atoms with Gasteiger partial charge in [0.2, 0.25) is 5.91 Å². The normalized spacial score (nSPS) is 28.7. The standard InChI is InChI=1S/C32H35BrN2O6/c1-5-15-34(26-19(3)11-10-12-20(26)4)30(38)28-32-17-22(33)27(41-32)24(31(39)40-16-6-2)25(32)29(37)35(28)23(18-36)21-13-8-7-9-14-21/h5-14,22-25,27-28,36H,1-2,15-18H2,3-4H3/t22?,23-,24+,25+,27+,28?,32?/m1/s1. The molecule has 0 radical (unpaired) electrons. The molecule has 1 N–H and O–H groups in total. The predicted molar refractivity (Wildman–Crippen MR) is 158 cm³/mol. The van der Waals surface area contributed by atoms with Crippen molar-refractivity contribution in [3.05, 3.63) is 90.5 Å². The average molecular weight is 624 g/mol. The van der Waals surface area contributed by atoms with E-state index in [-0.39, 0.29) is 23.9 Å². The lowest BCUT2D eigenvalue weighted by molar-refractivity contribution is -0.154. The minimum Gasteiger partial charge on any atom is -0.461 e. The number of halogens is 1. The van der Waals surface area contributed by atoms with Gasteiger partial charge in [-0.1, -0.05) is 83.2 Å². The number of aliphatic hydroxyl groups is 1. The molecule has 2 amide bonds. The molecular formula is C32H35BrN2O6. The third-order valence-electron chi connectivity index (χ3n) is 8.56. The largest absolute Gasteiger partial charge is 0.461 e. The van der Waals surface area contributed by atoms with Crippen molar-refractivity contribution in [2.24, 2.45) is 11.8 Å². The summed E-state index contributed by atoms with van der Waals surface area (Å²) in [4.78, 5) is 45.6. The molecule has 5 rings (SSSR count). The number of hydrogen-bond donors (Lipinski definition) is 1. The van der Waals surface area contributed by atoms with Crippen molar-refractivity contribution >= 4 is 39.4 Å². The van der Waals surface area contributed by atoms with Crippen LogP contribution in [-0.2, 0) is 23.9 Å². The van der Waals surface area contributed by atoms with Crippen LogP contribution in [0.25, 0.3) is 0 Å². The Morgan fingerprint density at radius 2 is 1.85 bits per heavy atom. The van der Waals surface area contributed by atoms with Crippen molar-refractivity contribution in [1.29, 1.82) is 0 Å². The molecule has 3 saturated heterocycles. The van der Waals surface area contributed by atoms with Crippen LogP contribution in [0.15, 0.2) is 73.8 Å². The van der Waals surface area contributed by atoms with E-state index in [4.69, 9.17) is 9.47 Å². The fourth-order valence-electron chi connectivity index (χ4n) is 7.02. The Kier molecular flexibility index (Phi) is 8.23. The monoisotopic (exact) mass is 622 g/mol. The zero-order chi connectivity index (χ0) is 29.5. The third kappa shape index (κ3) is 4.64. The van der Waals surface area contributed by atoms with Gasteiger partial charge in [0.15, 0.2) is 0 Å². The van der Waals surface area contributed by atoms with Crippen molar-refractivity contribution in [2.45, 2.75) is 48.9 Å². The summed E-state index contributed by atoms with van der Waals surface area (Å²) in [6, 6.07) is 13.0. The summed E-state index contributed by atoms with van der Waals surface area (Å²) in [6.45, 7) is 11.2. The molecule has 7 atom stereocenters. The molecule has 3 fully saturated rings. The molecule has 41 heavy (non-hydrogen) atoms.